The van der Waals surface area contributed by atoms with Crippen LogP contribution >= 0.6 is 11.6 Å². The third-order valence-electron chi connectivity index (χ3n) is 1.06. The SMILES string of the molecule is CC1=NC(N)=C(Cl)NC=C1. The van der Waals surface area contributed by atoms with E-state index in [4.69, 9.17) is 17.3 Å². The van der Waals surface area contributed by atoms with E-state index in [-0.39, 0.29) is 0 Å². The number of hydrogen-bond donors (Lipinski definition) is 2. The minimum Gasteiger partial charge on any atom is -0.381 e. The lowest BCUT2D eigenvalue weighted by atomic mass is 10.4. The molecule has 1 heterocycles. The van der Waals surface area contributed by atoms with Crippen LogP contribution in [0.5, 0.6) is 0 Å². The van der Waals surface area contributed by atoms with Crippen LogP contribution in [0.25, 0.3) is 0 Å². The van der Waals surface area contributed by atoms with Gasteiger partial charge in [-0.25, -0.2) is 4.99 Å². The highest BCUT2D eigenvalue weighted by molar-refractivity contribution is 6.29. The van der Waals surface area contributed by atoms with Crippen molar-refractivity contribution in [1.82, 2.24) is 5.32 Å². The molecule has 0 aromatic rings. The average Bonchev–Trinajstić information content (AvgIpc) is 1.96. The van der Waals surface area contributed by atoms with Gasteiger partial charge < -0.3 is 11.1 Å². The van der Waals surface area contributed by atoms with Gasteiger partial charge in [0.25, 0.3) is 0 Å². The minimum absolute atomic E-state index is 0.323. The second-order valence-electron chi connectivity index (χ2n) is 1.93. The summed E-state index contributed by atoms with van der Waals surface area (Å²) in [4.78, 5) is 3.95. The highest BCUT2D eigenvalue weighted by Gasteiger charge is 1.99. The number of nitrogens with two attached hydrogens (primary N) is 1. The molecule has 3 nitrogen and oxygen atoms in total. The first-order valence-electron chi connectivity index (χ1n) is 2.84. The second-order valence-corrected chi connectivity index (χ2v) is 2.31. The lowest BCUT2D eigenvalue weighted by molar-refractivity contribution is 1.09. The van der Waals surface area contributed by atoms with E-state index in [0.29, 0.717) is 11.0 Å². The van der Waals surface area contributed by atoms with Crippen LogP contribution < -0.4 is 11.1 Å². The van der Waals surface area contributed by atoms with Crippen LogP contribution in [0.2, 0.25) is 0 Å². The topological polar surface area (TPSA) is 50.4 Å². The van der Waals surface area contributed by atoms with Crippen LogP contribution in [-0.2, 0) is 0 Å². The molecule has 0 saturated carbocycles. The van der Waals surface area contributed by atoms with E-state index in [2.05, 4.69) is 10.3 Å². The zero-order chi connectivity index (χ0) is 7.56. The lowest BCUT2D eigenvalue weighted by Crippen LogP contribution is -2.05. The van der Waals surface area contributed by atoms with Gasteiger partial charge in [-0.15, -0.1) is 0 Å². The van der Waals surface area contributed by atoms with Crippen molar-refractivity contribution in [2.24, 2.45) is 10.7 Å². The Morgan fingerprint density at radius 1 is 1.70 bits per heavy atom. The monoisotopic (exact) mass is 157 g/mol. The Morgan fingerprint density at radius 3 is 3.10 bits per heavy atom. The van der Waals surface area contributed by atoms with Crippen molar-refractivity contribution in [3.63, 3.8) is 0 Å². The molecule has 10 heavy (non-hydrogen) atoms. The fraction of sp³-hybridized carbons (Fsp3) is 0.167. The first kappa shape index (κ1) is 7.15. The van der Waals surface area contributed by atoms with E-state index in [1.54, 1.807) is 12.3 Å². The molecule has 0 atom stereocenters. The third-order valence-corrected chi connectivity index (χ3v) is 1.36. The number of hydrogen-bond acceptors (Lipinski definition) is 3. The molecule has 54 valence electrons. The number of nitrogens with one attached hydrogen (secondary N) is 1. The summed E-state index contributed by atoms with van der Waals surface area (Å²) in [6.45, 7) is 1.85. The summed E-state index contributed by atoms with van der Waals surface area (Å²) in [5.41, 5.74) is 6.26. The van der Waals surface area contributed by atoms with Crippen molar-refractivity contribution in [3.05, 3.63) is 23.3 Å². The minimum atomic E-state index is 0.323. The molecule has 0 aliphatic carbocycles. The Balaban J connectivity index is 2.96. The van der Waals surface area contributed by atoms with Crippen LogP contribution in [0, 0.1) is 0 Å². The highest BCUT2D eigenvalue weighted by Crippen LogP contribution is 2.05. The molecule has 1 aliphatic heterocycles. The fourth-order valence-electron chi connectivity index (χ4n) is 0.586. The van der Waals surface area contributed by atoms with E-state index >= 15 is 0 Å². The standard InChI is InChI=1S/C6H8ClN3/c1-4-2-3-9-5(7)6(8)10-4/h2-3,9H,8H2,1H3. The molecule has 0 aromatic heterocycles. The first-order chi connectivity index (χ1) is 4.70. The molecule has 0 fully saturated rings. The molecule has 0 amide bonds. The zero-order valence-electron chi connectivity index (χ0n) is 5.56. The Labute approximate surface area is 64.3 Å². The van der Waals surface area contributed by atoms with Gasteiger partial charge in [0.05, 0.1) is 0 Å². The van der Waals surface area contributed by atoms with Gasteiger partial charge in [-0.05, 0) is 13.0 Å². The molecule has 1 rings (SSSR count). The normalized spacial score (nSPS) is 18.0. The van der Waals surface area contributed by atoms with E-state index in [0.717, 1.165) is 5.71 Å². The Morgan fingerprint density at radius 2 is 2.40 bits per heavy atom. The molecule has 3 N–H and O–H groups in total. The van der Waals surface area contributed by atoms with Gasteiger partial charge in [0, 0.05) is 11.9 Å². The van der Waals surface area contributed by atoms with E-state index < -0.39 is 0 Å². The summed E-state index contributed by atoms with van der Waals surface area (Å²) in [7, 11) is 0. The predicted octanol–water partition coefficient (Wildman–Crippen LogP) is 0.888. The van der Waals surface area contributed by atoms with Crippen molar-refractivity contribution in [2.75, 3.05) is 0 Å². The maximum absolute atomic E-state index is 5.62. The molecule has 0 bridgehead atoms. The van der Waals surface area contributed by atoms with Crippen molar-refractivity contribution in [1.29, 1.82) is 0 Å². The van der Waals surface area contributed by atoms with E-state index in [1.165, 1.54) is 0 Å². The van der Waals surface area contributed by atoms with Crippen molar-refractivity contribution >= 4 is 17.3 Å². The number of allylic oxidation sites excluding steroid dienone is 1. The highest BCUT2D eigenvalue weighted by atomic mass is 35.5. The van der Waals surface area contributed by atoms with Gasteiger partial charge in [0.1, 0.15) is 5.16 Å². The smallest absolute Gasteiger partial charge is 0.159 e. The largest absolute Gasteiger partial charge is 0.381 e. The van der Waals surface area contributed by atoms with Gasteiger partial charge in [-0.2, -0.15) is 0 Å². The summed E-state index contributed by atoms with van der Waals surface area (Å²) in [6.07, 6.45) is 3.49. The summed E-state index contributed by atoms with van der Waals surface area (Å²) in [5.74, 6) is 0.323. The fourth-order valence-corrected chi connectivity index (χ4v) is 0.691. The number of halogens is 1. The number of aliphatic imine (C=N–C) groups is 1. The molecule has 0 unspecified atom stereocenters. The summed E-state index contributed by atoms with van der Waals surface area (Å²) >= 11 is 5.62. The second kappa shape index (κ2) is 2.75. The molecule has 4 heteroatoms. The van der Waals surface area contributed by atoms with Crippen molar-refractivity contribution < 1.29 is 0 Å². The van der Waals surface area contributed by atoms with Crippen LogP contribution in [-0.4, -0.2) is 5.71 Å². The molecule has 1 aliphatic rings. The van der Waals surface area contributed by atoms with Crippen LogP contribution in [0.4, 0.5) is 0 Å². The van der Waals surface area contributed by atoms with Gasteiger partial charge >= 0.3 is 0 Å². The summed E-state index contributed by atoms with van der Waals surface area (Å²) in [6, 6.07) is 0. The average molecular weight is 158 g/mol. The first-order valence-corrected chi connectivity index (χ1v) is 3.21. The molecule has 0 aromatic carbocycles. The van der Waals surface area contributed by atoms with E-state index in [1.807, 2.05) is 6.92 Å². The lowest BCUT2D eigenvalue weighted by Gasteiger charge is -1.95. The number of nitrogens with zero attached hydrogens (tertiary/aromatic N) is 1. The Bertz CT molecular complexity index is 227. The van der Waals surface area contributed by atoms with Crippen molar-refractivity contribution in [3.8, 4) is 0 Å². The van der Waals surface area contributed by atoms with Crippen LogP contribution in [0.3, 0.4) is 0 Å². The third kappa shape index (κ3) is 1.51. The quantitative estimate of drug-likeness (QED) is 0.513. The summed E-state index contributed by atoms with van der Waals surface area (Å²) in [5, 5.41) is 3.12. The number of rotatable bonds is 0. The summed E-state index contributed by atoms with van der Waals surface area (Å²) < 4.78 is 0. The molecular formula is C6H8ClN3. The van der Waals surface area contributed by atoms with E-state index in [9.17, 15) is 0 Å². The molecular weight excluding hydrogens is 150 g/mol. The Kier molecular flexibility index (Phi) is 1.97. The van der Waals surface area contributed by atoms with Gasteiger partial charge in [-0.3, -0.25) is 0 Å². The maximum atomic E-state index is 5.62. The van der Waals surface area contributed by atoms with Gasteiger partial charge in [0.2, 0.25) is 0 Å². The maximum Gasteiger partial charge on any atom is 0.159 e. The van der Waals surface area contributed by atoms with Crippen LogP contribution in [0.1, 0.15) is 6.92 Å². The molecule has 0 spiro atoms. The predicted molar refractivity (Wildman–Crippen MR) is 42.5 cm³/mol. The zero-order valence-corrected chi connectivity index (χ0v) is 6.31. The van der Waals surface area contributed by atoms with Gasteiger partial charge in [0.15, 0.2) is 5.82 Å². The van der Waals surface area contributed by atoms with Crippen LogP contribution in [0.15, 0.2) is 28.2 Å². The molecule has 0 saturated heterocycles. The Hall–Kier alpha value is -0.960. The van der Waals surface area contributed by atoms with Gasteiger partial charge in [-0.1, -0.05) is 11.6 Å². The molecule has 0 radical (unpaired) electrons. The van der Waals surface area contributed by atoms with Crippen molar-refractivity contribution in [2.45, 2.75) is 6.92 Å².